The molecule has 8 nitrogen and oxygen atoms in total. The van der Waals surface area contributed by atoms with Crippen LogP contribution in [0.15, 0.2) is 54.7 Å². The Balaban J connectivity index is 1.29. The molecule has 0 saturated carbocycles. The second kappa shape index (κ2) is 11.0. The Morgan fingerprint density at radius 2 is 1.85 bits per heavy atom. The third kappa shape index (κ3) is 6.35. The van der Waals surface area contributed by atoms with Crippen molar-refractivity contribution in [1.29, 1.82) is 0 Å². The minimum Gasteiger partial charge on any atom is -0.457 e. The van der Waals surface area contributed by atoms with Gasteiger partial charge in [0, 0.05) is 38.5 Å². The van der Waals surface area contributed by atoms with Gasteiger partial charge in [0.25, 0.3) is 0 Å². The predicted octanol–water partition coefficient (Wildman–Crippen LogP) is 5.11. The highest BCUT2D eigenvalue weighted by Gasteiger charge is 2.31. The van der Waals surface area contributed by atoms with Crippen molar-refractivity contribution in [3.05, 3.63) is 71.8 Å². The number of halogens is 4. The highest BCUT2D eigenvalue weighted by Crippen LogP contribution is 2.33. The Kier molecular flexibility index (Phi) is 7.49. The lowest BCUT2D eigenvalue weighted by Gasteiger charge is -2.25. The Labute approximate surface area is 221 Å². The number of carbonyl (C=O) groups is 1. The van der Waals surface area contributed by atoms with E-state index in [2.05, 4.69) is 20.2 Å². The van der Waals surface area contributed by atoms with Crippen molar-refractivity contribution in [3.63, 3.8) is 0 Å². The largest absolute Gasteiger partial charge is 0.457 e. The summed E-state index contributed by atoms with van der Waals surface area (Å²) in [5, 5.41) is 2.65. The van der Waals surface area contributed by atoms with Gasteiger partial charge in [-0.1, -0.05) is 0 Å². The first-order chi connectivity index (χ1) is 18.7. The standard InChI is InChI=1S/C27H25F4N5O3/c1-35-25-5-3-20(15-24(25)34-26(35)33-23-12-17(27(29,30)31)2-4-22(23)28)39-21-6-7-32-18(14-21)13-19(37)16-36-8-10-38-11-9-36/h2-7,12,14-15H,8-11,13,16H2,1H3,(H,33,34). The molecule has 1 aliphatic heterocycles. The molecule has 0 amide bonds. The predicted molar refractivity (Wildman–Crippen MR) is 136 cm³/mol. The lowest BCUT2D eigenvalue weighted by Crippen LogP contribution is -2.39. The molecule has 1 aliphatic rings. The number of benzene rings is 2. The quantitative estimate of drug-likeness (QED) is 0.310. The van der Waals surface area contributed by atoms with E-state index < -0.39 is 17.6 Å². The number of anilines is 2. The number of ether oxygens (including phenoxy) is 2. The summed E-state index contributed by atoms with van der Waals surface area (Å²) in [4.78, 5) is 23.2. The fourth-order valence-electron chi connectivity index (χ4n) is 4.29. The van der Waals surface area contributed by atoms with Crippen LogP contribution in [0, 0.1) is 5.82 Å². The zero-order valence-electron chi connectivity index (χ0n) is 21.0. The van der Waals surface area contributed by atoms with Crippen molar-refractivity contribution >= 4 is 28.5 Å². The van der Waals surface area contributed by atoms with E-state index in [0.29, 0.717) is 60.1 Å². The number of morpholine rings is 1. The van der Waals surface area contributed by atoms with Crippen molar-refractivity contribution in [2.24, 2.45) is 7.05 Å². The maximum Gasteiger partial charge on any atom is 0.416 e. The molecule has 2 aromatic carbocycles. The van der Waals surface area contributed by atoms with Crippen molar-refractivity contribution < 1.29 is 31.8 Å². The van der Waals surface area contributed by atoms with Gasteiger partial charge in [0.2, 0.25) is 5.95 Å². The molecular formula is C27H25F4N5O3. The summed E-state index contributed by atoms with van der Waals surface area (Å²) in [6.45, 7) is 3.03. The maximum absolute atomic E-state index is 14.2. The number of nitrogens with zero attached hydrogens (tertiary/aromatic N) is 4. The molecule has 4 aromatic rings. The van der Waals surface area contributed by atoms with Gasteiger partial charge in [-0.25, -0.2) is 9.37 Å². The maximum atomic E-state index is 14.2. The summed E-state index contributed by atoms with van der Waals surface area (Å²) in [5.41, 5.74) is 0.410. The first-order valence-corrected chi connectivity index (χ1v) is 12.2. The molecular weight excluding hydrogens is 518 g/mol. The van der Waals surface area contributed by atoms with Crippen LogP contribution in [-0.2, 0) is 29.2 Å². The van der Waals surface area contributed by atoms with Crippen LogP contribution in [0.25, 0.3) is 11.0 Å². The van der Waals surface area contributed by atoms with Gasteiger partial charge in [0.15, 0.2) is 5.78 Å². The summed E-state index contributed by atoms with van der Waals surface area (Å²) in [5.74, 6) is 0.308. The fourth-order valence-corrected chi connectivity index (χ4v) is 4.29. The number of pyridine rings is 1. The topological polar surface area (TPSA) is 81.5 Å². The van der Waals surface area contributed by atoms with Crippen molar-refractivity contribution in [2.75, 3.05) is 38.2 Å². The summed E-state index contributed by atoms with van der Waals surface area (Å²) in [6.07, 6.45) is -2.86. The Morgan fingerprint density at radius 1 is 1.08 bits per heavy atom. The van der Waals surface area contributed by atoms with Crippen molar-refractivity contribution in [3.8, 4) is 11.5 Å². The number of hydrogen-bond donors (Lipinski definition) is 1. The molecule has 0 unspecified atom stereocenters. The molecule has 0 bridgehead atoms. The first kappa shape index (κ1) is 26.6. The zero-order valence-corrected chi connectivity index (χ0v) is 21.0. The van der Waals surface area contributed by atoms with Crippen LogP contribution in [0.3, 0.4) is 0 Å². The van der Waals surface area contributed by atoms with Crippen molar-refractivity contribution in [2.45, 2.75) is 12.6 Å². The van der Waals surface area contributed by atoms with Gasteiger partial charge < -0.3 is 19.4 Å². The number of nitrogens with one attached hydrogen (secondary N) is 1. The minimum atomic E-state index is -4.61. The molecule has 0 atom stereocenters. The van der Waals surface area contributed by atoms with Gasteiger partial charge >= 0.3 is 6.18 Å². The van der Waals surface area contributed by atoms with E-state index in [1.165, 1.54) is 0 Å². The highest BCUT2D eigenvalue weighted by molar-refractivity contribution is 5.83. The van der Waals surface area contributed by atoms with Gasteiger partial charge in [-0.15, -0.1) is 0 Å². The normalized spacial score (nSPS) is 14.5. The molecule has 1 N–H and O–H groups in total. The van der Waals surface area contributed by atoms with Gasteiger partial charge in [-0.2, -0.15) is 13.2 Å². The number of fused-ring (bicyclic) bond motifs is 1. The molecule has 0 spiro atoms. The fraction of sp³-hybridized carbons (Fsp3) is 0.296. The number of aromatic nitrogens is 3. The number of rotatable bonds is 8. The van der Waals surface area contributed by atoms with E-state index in [1.54, 1.807) is 48.1 Å². The molecule has 0 radical (unpaired) electrons. The average molecular weight is 544 g/mol. The monoisotopic (exact) mass is 543 g/mol. The molecule has 39 heavy (non-hydrogen) atoms. The molecule has 204 valence electrons. The molecule has 5 rings (SSSR count). The zero-order chi connectivity index (χ0) is 27.6. The number of hydrogen-bond acceptors (Lipinski definition) is 7. The van der Waals surface area contributed by atoms with Crippen LogP contribution in [0.2, 0.25) is 0 Å². The van der Waals surface area contributed by atoms with Crippen LogP contribution in [-0.4, -0.2) is 58.1 Å². The van der Waals surface area contributed by atoms with E-state index in [4.69, 9.17) is 9.47 Å². The molecule has 2 aromatic heterocycles. The first-order valence-electron chi connectivity index (χ1n) is 12.2. The lowest BCUT2D eigenvalue weighted by atomic mass is 10.2. The third-order valence-corrected chi connectivity index (χ3v) is 6.30. The van der Waals surface area contributed by atoms with Crippen LogP contribution in [0.1, 0.15) is 11.3 Å². The summed E-state index contributed by atoms with van der Waals surface area (Å²) in [7, 11) is 1.66. The van der Waals surface area contributed by atoms with E-state index in [0.717, 1.165) is 19.2 Å². The molecule has 1 saturated heterocycles. The number of aryl methyl sites for hydroxylation is 1. The molecule has 3 heterocycles. The second-order valence-corrected chi connectivity index (χ2v) is 9.15. The van der Waals surface area contributed by atoms with Gasteiger partial charge in [-0.3, -0.25) is 14.7 Å². The van der Waals surface area contributed by atoms with Crippen LogP contribution in [0.5, 0.6) is 11.5 Å². The summed E-state index contributed by atoms with van der Waals surface area (Å²) < 4.78 is 66.4. The molecule has 0 aliphatic carbocycles. The lowest BCUT2D eigenvalue weighted by molar-refractivity contribution is -0.137. The summed E-state index contributed by atoms with van der Waals surface area (Å²) in [6, 6.07) is 10.6. The smallest absolute Gasteiger partial charge is 0.416 e. The Bertz CT molecular complexity index is 1500. The number of carbonyl (C=O) groups excluding carboxylic acids is 1. The number of alkyl halides is 3. The number of Topliss-reactive ketones (excluding diaryl/α,β-unsaturated/α-hetero) is 1. The Hall–Kier alpha value is -4.03. The minimum absolute atomic E-state index is 0.0497. The van der Waals surface area contributed by atoms with Crippen LogP contribution in [0.4, 0.5) is 29.2 Å². The summed E-state index contributed by atoms with van der Waals surface area (Å²) >= 11 is 0. The SMILES string of the molecule is Cn1c(Nc2cc(C(F)(F)F)ccc2F)nc2cc(Oc3ccnc(CC(=O)CN4CCOCC4)c3)ccc21. The van der Waals surface area contributed by atoms with Crippen molar-refractivity contribution in [1.82, 2.24) is 19.4 Å². The second-order valence-electron chi connectivity index (χ2n) is 9.15. The van der Waals surface area contributed by atoms with Gasteiger partial charge in [0.05, 0.1) is 54.2 Å². The Morgan fingerprint density at radius 3 is 2.62 bits per heavy atom. The molecule has 1 fully saturated rings. The van der Waals surface area contributed by atoms with Crippen LogP contribution < -0.4 is 10.1 Å². The van der Waals surface area contributed by atoms with Crippen LogP contribution >= 0.6 is 0 Å². The molecule has 12 heteroatoms. The van der Waals surface area contributed by atoms with Gasteiger partial charge in [0.1, 0.15) is 17.3 Å². The average Bonchev–Trinajstić information content (AvgIpc) is 3.19. The highest BCUT2D eigenvalue weighted by atomic mass is 19.4. The van der Waals surface area contributed by atoms with E-state index in [9.17, 15) is 22.4 Å². The third-order valence-electron chi connectivity index (χ3n) is 6.30. The number of ketones is 1. The number of imidazole rings is 1. The van der Waals surface area contributed by atoms with E-state index in [1.807, 2.05) is 0 Å². The van der Waals surface area contributed by atoms with Gasteiger partial charge in [-0.05, 0) is 36.4 Å². The van der Waals surface area contributed by atoms with E-state index >= 15 is 0 Å². The van der Waals surface area contributed by atoms with E-state index in [-0.39, 0.29) is 23.8 Å².